The normalized spacial score (nSPS) is 23.1. The monoisotopic (exact) mass is 347 g/mol. The summed E-state index contributed by atoms with van der Waals surface area (Å²) in [6, 6.07) is -0.399. The molecular weight excluding hydrogens is 314 g/mol. The Hall–Kier alpha value is -0.360. The Balaban J connectivity index is 0.00000264. The van der Waals surface area contributed by atoms with Crippen molar-refractivity contribution in [2.45, 2.75) is 52.0 Å². The first-order valence-electron chi connectivity index (χ1n) is 8.86. The summed E-state index contributed by atoms with van der Waals surface area (Å²) < 4.78 is 5.45. The molecular formula is C17H34ClN3O2. The van der Waals surface area contributed by atoms with E-state index in [1.54, 1.807) is 0 Å². The molecule has 2 rings (SSSR count). The van der Waals surface area contributed by atoms with E-state index in [2.05, 4.69) is 10.2 Å². The van der Waals surface area contributed by atoms with Crippen LogP contribution in [-0.4, -0.2) is 56.2 Å². The van der Waals surface area contributed by atoms with Gasteiger partial charge in [0.1, 0.15) is 0 Å². The van der Waals surface area contributed by atoms with Crippen LogP contribution in [-0.2, 0) is 9.53 Å². The fraction of sp³-hybridized carbons (Fsp3) is 0.941. The summed E-state index contributed by atoms with van der Waals surface area (Å²) in [5.74, 6) is 0.184. The van der Waals surface area contributed by atoms with Crippen molar-refractivity contribution in [3.63, 3.8) is 0 Å². The summed E-state index contributed by atoms with van der Waals surface area (Å²) in [6.07, 6.45) is 6.29. The Morgan fingerprint density at radius 3 is 2.39 bits per heavy atom. The predicted octanol–water partition coefficient (Wildman–Crippen LogP) is 1.79. The van der Waals surface area contributed by atoms with Gasteiger partial charge in [-0.2, -0.15) is 0 Å². The summed E-state index contributed by atoms with van der Waals surface area (Å²) in [5, 5.41) is 3.14. The molecule has 0 aromatic carbocycles. The highest BCUT2D eigenvalue weighted by molar-refractivity contribution is 5.85. The van der Waals surface area contributed by atoms with Crippen LogP contribution in [0.15, 0.2) is 0 Å². The van der Waals surface area contributed by atoms with Gasteiger partial charge in [0, 0.05) is 31.6 Å². The Bertz CT molecular complexity index is 354. The van der Waals surface area contributed by atoms with E-state index in [1.165, 1.54) is 32.1 Å². The highest BCUT2D eigenvalue weighted by atomic mass is 35.5. The van der Waals surface area contributed by atoms with Gasteiger partial charge in [0.15, 0.2) is 0 Å². The van der Waals surface area contributed by atoms with Crippen molar-refractivity contribution in [1.82, 2.24) is 10.2 Å². The molecule has 1 atom stereocenters. The predicted molar refractivity (Wildman–Crippen MR) is 95.8 cm³/mol. The van der Waals surface area contributed by atoms with E-state index >= 15 is 0 Å². The minimum Gasteiger partial charge on any atom is -0.379 e. The van der Waals surface area contributed by atoms with Gasteiger partial charge in [0.25, 0.3) is 0 Å². The third-order valence-corrected chi connectivity index (χ3v) is 5.24. The van der Waals surface area contributed by atoms with Crippen LogP contribution >= 0.6 is 12.4 Å². The molecule has 1 heterocycles. The molecule has 1 aliphatic carbocycles. The Morgan fingerprint density at radius 2 is 1.83 bits per heavy atom. The largest absolute Gasteiger partial charge is 0.379 e. The number of amides is 1. The molecule has 2 aliphatic rings. The molecule has 2 fully saturated rings. The van der Waals surface area contributed by atoms with E-state index in [1.807, 2.05) is 13.8 Å². The van der Waals surface area contributed by atoms with Gasteiger partial charge in [-0.1, -0.05) is 33.1 Å². The minimum absolute atomic E-state index is 0. The first-order chi connectivity index (χ1) is 10.5. The second-order valence-electron chi connectivity index (χ2n) is 7.44. The van der Waals surface area contributed by atoms with Crippen molar-refractivity contribution in [3.05, 3.63) is 0 Å². The van der Waals surface area contributed by atoms with Gasteiger partial charge in [0.05, 0.1) is 19.3 Å². The average molecular weight is 348 g/mol. The van der Waals surface area contributed by atoms with Gasteiger partial charge in [0.2, 0.25) is 5.91 Å². The van der Waals surface area contributed by atoms with Crippen LogP contribution < -0.4 is 11.1 Å². The lowest BCUT2D eigenvalue weighted by Gasteiger charge is -2.42. The van der Waals surface area contributed by atoms with Crippen molar-refractivity contribution < 1.29 is 9.53 Å². The zero-order valence-corrected chi connectivity index (χ0v) is 15.5. The Labute approximate surface area is 147 Å². The first-order valence-corrected chi connectivity index (χ1v) is 8.86. The van der Waals surface area contributed by atoms with Gasteiger partial charge in [-0.3, -0.25) is 9.69 Å². The second-order valence-corrected chi connectivity index (χ2v) is 7.44. The molecule has 136 valence electrons. The number of hydrogen-bond acceptors (Lipinski definition) is 4. The average Bonchev–Trinajstić information content (AvgIpc) is 2.53. The summed E-state index contributed by atoms with van der Waals surface area (Å²) in [5.41, 5.74) is 6.19. The summed E-state index contributed by atoms with van der Waals surface area (Å²) in [7, 11) is 0. The van der Waals surface area contributed by atoms with Crippen LogP contribution in [0.5, 0.6) is 0 Å². The van der Waals surface area contributed by atoms with Gasteiger partial charge in [-0.25, -0.2) is 0 Å². The SMILES string of the molecule is CC(C)[C@H](N)C(=O)NCC1(CN2CCOCC2)CCCCC1.Cl. The quantitative estimate of drug-likeness (QED) is 0.768. The maximum atomic E-state index is 12.2. The summed E-state index contributed by atoms with van der Waals surface area (Å²) in [4.78, 5) is 14.7. The molecule has 3 N–H and O–H groups in total. The van der Waals surface area contributed by atoms with Gasteiger partial charge in [-0.15, -0.1) is 12.4 Å². The number of nitrogens with zero attached hydrogens (tertiary/aromatic N) is 1. The highest BCUT2D eigenvalue weighted by Crippen LogP contribution is 2.36. The molecule has 1 amide bonds. The van der Waals surface area contributed by atoms with E-state index in [4.69, 9.17) is 10.5 Å². The summed E-state index contributed by atoms with van der Waals surface area (Å²) in [6.45, 7) is 9.53. The van der Waals surface area contributed by atoms with Crippen LogP contribution in [0.1, 0.15) is 46.0 Å². The fourth-order valence-electron chi connectivity index (χ4n) is 3.62. The van der Waals surface area contributed by atoms with Crippen molar-refractivity contribution in [3.8, 4) is 0 Å². The lowest BCUT2D eigenvalue weighted by atomic mass is 9.73. The van der Waals surface area contributed by atoms with Crippen molar-refractivity contribution in [1.29, 1.82) is 0 Å². The van der Waals surface area contributed by atoms with Gasteiger partial charge >= 0.3 is 0 Å². The molecule has 0 bridgehead atoms. The Morgan fingerprint density at radius 1 is 1.22 bits per heavy atom. The number of carbonyl (C=O) groups is 1. The minimum atomic E-state index is -0.399. The first kappa shape index (κ1) is 20.7. The van der Waals surface area contributed by atoms with Crippen LogP contribution in [0, 0.1) is 11.3 Å². The second kappa shape index (κ2) is 9.82. The maximum absolute atomic E-state index is 12.2. The summed E-state index contributed by atoms with van der Waals surface area (Å²) >= 11 is 0. The van der Waals surface area contributed by atoms with E-state index < -0.39 is 6.04 Å². The Kier molecular flexibility index (Phi) is 8.83. The topological polar surface area (TPSA) is 67.6 Å². The van der Waals surface area contributed by atoms with E-state index in [0.717, 1.165) is 39.4 Å². The molecule has 0 aromatic rings. The molecule has 0 aromatic heterocycles. The molecule has 0 spiro atoms. The molecule has 1 saturated carbocycles. The van der Waals surface area contributed by atoms with Crippen molar-refractivity contribution in [2.24, 2.45) is 17.1 Å². The number of ether oxygens (including phenoxy) is 1. The molecule has 5 nitrogen and oxygen atoms in total. The smallest absolute Gasteiger partial charge is 0.237 e. The van der Waals surface area contributed by atoms with Crippen molar-refractivity contribution in [2.75, 3.05) is 39.4 Å². The molecule has 23 heavy (non-hydrogen) atoms. The number of morpholine rings is 1. The molecule has 0 unspecified atom stereocenters. The van der Waals surface area contributed by atoms with Crippen molar-refractivity contribution >= 4 is 18.3 Å². The number of nitrogens with two attached hydrogens (primary N) is 1. The molecule has 1 aliphatic heterocycles. The van der Waals surface area contributed by atoms with Crippen LogP contribution in [0.4, 0.5) is 0 Å². The zero-order valence-electron chi connectivity index (χ0n) is 14.7. The fourth-order valence-corrected chi connectivity index (χ4v) is 3.62. The zero-order chi connectivity index (χ0) is 16.0. The number of halogens is 1. The van der Waals surface area contributed by atoms with Crippen LogP contribution in [0.2, 0.25) is 0 Å². The van der Waals surface area contributed by atoms with E-state index in [0.29, 0.717) is 0 Å². The highest BCUT2D eigenvalue weighted by Gasteiger charge is 2.35. The molecule has 0 radical (unpaired) electrons. The number of carbonyl (C=O) groups excluding carboxylic acids is 1. The lowest BCUT2D eigenvalue weighted by Crippen LogP contribution is -2.52. The van der Waals surface area contributed by atoms with Gasteiger partial charge in [-0.05, 0) is 18.8 Å². The molecule has 6 heteroatoms. The number of nitrogens with one attached hydrogen (secondary N) is 1. The maximum Gasteiger partial charge on any atom is 0.237 e. The molecule has 1 saturated heterocycles. The van der Waals surface area contributed by atoms with Gasteiger partial charge < -0.3 is 15.8 Å². The standard InChI is InChI=1S/C17H33N3O2.ClH/c1-14(2)15(18)16(21)19-12-17(6-4-3-5-7-17)13-20-8-10-22-11-9-20;/h14-15H,3-13,18H2,1-2H3,(H,19,21);1H/t15-;/m0./s1. The number of hydrogen-bond donors (Lipinski definition) is 2. The third kappa shape index (κ3) is 6.22. The van der Waals surface area contributed by atoms with E-state index in [-0.39, 0.29) is 29.6 Å². The third-order valence-electron chi connectivity index (χ3n) is 5.24. The van der Waals surface area contributed by atoms with E-state index in [9.17, 15) is 4.79 Å². The number of rotatable bonds is 6. The van der Waals surface area contributed by atoms with Crippen LogP contribution in [0.3, 0.4) is 0 Å². The van der Waals surface area contributed by atoms with Crippen LogP contribution in [0.25, 0.3) is 0 Å². The lowest BCUT2D eigenvalue weighted by molar-refractivity contribution is -0.124.